The van der Waals surface area contributed by atoms with Gasteiger partial charge in [-0.1, -0.05) is 18.6 Å². The van der Waals surface area contributed by atoms with Crippen LogP contribution in [0.5, 0.6) is 0 Å². The van der Waals surface area contributed by atoms with Crippen molar-refractivity contribution >= 4 is 22.8 Å². The summed E-state index contributed by atoms with van der Waals surface area (Å²) >= 11 is 0. The van der Waals surface area contributed by atoms with Crippen molar-refractivity contribution in [2.75, 3.05) is 6.54 Å². The number of carbonyl (C=O) groups is 2. The number of benzene rings is 1. The third kappa shape index (κ3) is 7.29. The molecule has 1 aliphatic heterocycles. The number of aromatic nitrogens is 1. The number of carboxylic acid groups (broad SMARTS) is 2. The number of nitrogens with one attached hydrogen (secondary N) is 1. The van der Waals surface area contributed by atoms with Gasteiger partial charge in [0.25, 0.3) is 0 Å². The predicted molar refractivity (Wildman–Crippen MR) is 107 cm³/mol. The van der Waals surface area contributed by atoms with Crippen LogP contribution in [-0.4, -0.2) is 44.8 Å². The first kappa shape index (κ1) is 27.3. The number of pyridine rings is 1. The van der Waals surface area contributed by atoms with Crippen molar-refractivity contribution in [1.82, 2.24) is 10.3 Å². The Kier molecular flexibility index (Phi) is 8.83. The molecule has 2 aromatic rings. The molecule has 1 aliphatic rings. The molecule has 1 fully saturated rings. The minimum Gasteiger partial charge on any atom is -0.481 e. The number of alkyl halides is 6. The van der Waals surface area contributed by atoms with E-state index in [-0.39, 0.29) is 23.8 Å². The van der Waals surface area contributed by atoms with Gasteiger partial charge in [-0.2, -0.15) is 26.3 Å². The molecule has 13 heteroatoms. The Bertz CT molecular complexity index is 1010. The maximum absolute atomic E-state index is 13.2. The molecule has 0 amide bonds. The van der Waals surface area contributed by atoms with E-state index in [9.17, 15) is 41.0 Å². The van der Waals surface area contributed by atoms with Gasteiger partial charge in [0.15, 0.2) is 0 Å². The Morgan fingerprint density at radius 3 is 2.12 bits per heavy atom. The van der Waals surface area contributed by atoms with Gasteiger partial charge in [0.05, 0.1) is 30.0 Å². The number of carboxylic acids is 2. The standard InChI is InChI=1S/C17H16F6N2O.C4H6O4/c18-16(19,20)11-5-3-4-9-10(15(26)12-6-1-2-7-24-12)8-13(17(21,22)23)25-14(9)11;5-3(6)1-2-4(7)8/h3-5,8,12,15,24,26H,1-2,6-7H2;1-2H2,(H,5,6)(H,7,8). The number of para-hydroxylation sites is 1. The van der Waals surface area contributed by atoms with E-state index in [1.54, 1.807) is 0 Å². The van der Waals surface area contributed by atoms with Crippen LogP contribution in [0, 0.1) is 0 Å². The molecule has 2 heterocycles. The lowest BCUT2D eigenvalue weighted by Gasteiger charge is -2.29. The van der Waals surface area contributed by atoms with Crippen LogP contribution in [0.4, 0.5) is 26.3 Å². The zero-order valence-electron chi connectivity index (χ0n) is 17.6. The highest BCUT2D eigenvalue weighted by molar-refractivity contribution is 5.86. The Labute approximate surface area is 189 Å². The molecule has 4 N–H and O–H groups in total. The summed E-state index contributed by atoms with van der Waals surface area (Å²) in [5.41, 5.74) is -3.72. The molecule has 0 saturated carbocycles. The van der Waals surface area contributed by atoms with E-state index in [0.29, 0.717) is 25.1 Å². The maximum Gasteiger partial charge on any atom is 0.433 e. The number of hydrogen-bond acceptors (Lipinski definition) is 5. The summed E-state index contributed by atoms with van der Waals surface area (Å²) in [5.74, 6) is -2.15. The Balaban J connectivity index is 0.000000440. The molecule has 1 saturated heterocycles. The van der Waals surface area contributed by atoms with Crippen LogP contribution in [0.2, 0.25) is 0 Å². The Hall–Kier alpha value is -2.93. The van der Waals surface area contributed by atoms with Crippen LogP contribution in [-0.2, 0) is 21.9 Å². The van der Waals surface area contributed by atoms with Crippen molar-refractivity contribution in [2.45, 2.75) is 56.6 Å². The second-order valence-corrected chi connectivity index (χ2v) is 7.58. The van der Waals surface area contributed by atoms with Crippen LogP contribution in [0.25, 0.3) is 10.9 Å². The average Bonchev–Trinajstić information content (AvgIpc) is 2.75. The van der Waals surface area contributed by atoms with Crippen LogP contribution in [0.3, 0.4) is 0 Å². The third-order valence-electron chi connectivity index (χ3n) is 5.07. The van der Waals surface area contributed by atoms with Crippen LogP contribution >= 0.6 is 0 Å². The van der Waals surface area contributed by atoms with E-state index in [4.69, 9.17) is 10.2 Å². The number of aliphatic hydroxyl groups excluding tert-OH is 1. The molecule has 3 rings (SSSR count). The number of hydrogen-bond donors (Lipinski definition) is 4. The highest BCUT2D eigenvalue weighted by Crippen LogP contribution is 2.39. The second-order valence-electron chi connectivity index (χ2n) is 7.58. The molecule has 1 aromatic carbocycles. The first-order chi connectivity index (χ1) is 15.7. The number of aliphatic hydroxyl groups is 1. The van der Waals surface area contributed by atoms with Crippen molar-refractivity contribution in [2.24, 2.45) is 0 Å². The maximum atomic E-state index is 13.2. The lowest BCUT2D eigenvalue weighted by molar-refractivity contribution is -0.143. The van der Waals surface area contributed by atoms with E-state index in [0.717, 1.165) is 18.9 Å². The lowest BCUT2D eigenvalue weighted by atomic mass is 9.91. The highest BCUT2D eigenvalue weighted by atomic mass is 19.4. The number of rotatable bonds is 5. The molecule has 2 unspecified atom stereocenters. The average molecular weight is 496 g/mol. The summed E-state index contributed by atoms with van der Waals surface area (Å²) in [4.78, 5) is 22.5. The smallest absolute Gasteiger partial charge is 0.433 e. The second kappa shape index (κ2) is 11.0. The molecule has 0 spiro atoms. The molecular formula is C21H22F6N2O5. The Morgan fingerprint density at radius 2 is 1.65 bits per heavy atom. The van der Waals surface area contributed by atoms with Crippen LogP contribution in [0.1, 0.15) is 55.0 Å². The summed E-state index contributed by atoms with van der Waals surface area (Å²) in [6, 6.07) is 3.16. The van der Waals surface area contributed by atoms with Gasteiger partial charge < -0.3 is 20.6 Å². The van der Waals surface area contributed by atoms with Gasteiger partial charge in [0.1, 0.15) is 5.69 Å². The molecule has 0 radical (unpaired) electrons. The summed E-state index contributed by atoms with van der Waals surface area (Å²) in [6.07, 6.45) is -9.59. The van der Waals surface area contributed by atoms with E-state index >= 15 is 0 Å². The number of aliphatic carboxylic acids is 2. The first-order valence-electron chi connectivity index (χ1n) is 10.1. The minimum atomic E-state index is -4.93. The van der Waals surface area contributed by atoms with Gasteiger partial charge >= 0.3 is 24.3 Å². The number of fused-ring (bicyclic) bond motifs is 1. The quantitative estimate of drug-likeness (QED) is 0.454. The summed E-state index contributed by atoms with van der Waals surface area (Å²) < 4.78 is 79.3. The fourth-order valence-electron chi connectivity index (χ4n) is 3.47. The monoisotopic (exact) mass is 496 g/mol. The first-order valence-corrected chi connectivity index (χ1v) is 10.1. The molecular weight excluding hydrogens is 474 g/mol. The number of nitrogens with zero attached hydrogens (tertiary/aromatic N) is 1. The summed E-state index contributed by atoms with van der Waals surface area (Å²) in [6.45, 7) is 0.588. The molecule has 1 aromatic heterocycles. The lowest BCUT2D eigenvalue weighted by Crippen LogP contribution is -2.39. The van der Waals surface area contributed by atoms with Crippen molar-refractivity contribution in [3.8, 4) is 0 Å². The van der Waals surface area contributed by atoms with E-state index in [1.165, 1.54) is 6.07 Å². The minimum absolute atomic E-state index is 0.132. The summed E-state index contributed by atoms with van der Waals surface area (Å²) in [5, 5.41) is 29.3. The highest BCUT2D eigenvalue weighted by Gasteiger charge is 2.38. The fraction of sp³-hybridized carbons (Fsp3) is 0.476. The SMILES string of the molecule is O=C(O)CCC(=O)O.OC(c1cc(C(F)(F)F)nc2c(C(F)(F)F)cccc12)C1CCCCN1. The normalized spacial score (nSPS) is 17.6. The predicted octanol–water partition coefficient (Wildman–Crippen LogP) is 4.38. The van der Waals surface area contributed by atoms with E-state index in [1.807, 2.05) is 0 Å². The molecule has 0 aliphatic carbocycles. The van der Waals surface area contributed by atoms with Gasteiger partial charge in [-0.25, -0.2) is 4.98 Å². The van der Waals surface area contributed by atoms with E-state index in [2.05, 4.69) is 10.3 Å². The molecule has 188 valence electrons. The van der Waals surface area contributed by atoms with E-state index < -0.39 is 53.2 Å². The van der Waals surface area contributed by atoms with Gasteiger partial charge in [-0.3, -0.25) is 9.59 Å². The van der Waals surface area contributed by atoms with Crippen molar-refractivity contribution in [3.05, 3.63) is 41.1 Å². The third-order valence-corrected chi connectivity index (χ3v) is 5.07. The zero-order chi connectivity index (χ0) is 25.7. The van der Waals surface area contributed by atoms with Crippen molar-refractivity contribution in [1.29, 1.82) is 0 Å². The topological polar surface area (TPSA) is 120 Å². The van der Waals surface area contributed by atoms with Gasteiger partial charge in [0, 0.05) is 11.4 Å². The van der Waals surface area contributed by atoms with Crippen molar-refractivity contribution < 1.29 is 51.3 Å². The van der Waals surface area contributed by atoms with Crippen LogP contribution < -0.4 is 5.32 Å². The van der Waals surface area contributed by atoms with Crippen molar-refractivity contribution in [3.63, 3.8) is 0 Å². The zero-order valence-corrected chi connectivity index (χ0v) is 17.6. The largest absolute Gasteiger partial charge is 0.481 e. The molecule has 0 bridgehead atoms. The summed E-state index contributed by atoms with van der Waals surface area (Å²) in [7, 11) is 0. The Morgan fingerprint density at radius 1 is 1.03 bits per heavy atom. The number of halogens is 6. The molecule has 7 nitrogen and oxygen atoms in total. The van der Waals surface area contributed by atoms with Gasteiger partial charge in [-0.15, -0.1) is 0 Å². The molecule has 2 atom stereocenters. The van der Waals surface area contributed by atoms with Crippen LogP contribution in [0.15, 0.2) is 24.3 Å². The number of piperidine rings is 1. The van der Waals surface area contributed by atoms with Gasteiger partial charge in [0.2, 0.25) is 0 Å². The molecule has 34 heavy (non-hydrogen) atoms. The van der Waals surface area contributed by atoms with Gasteiger partial charge in [-0.05, 0) is 37.1 Å². The fourth-order valence-corrected chi connectivity index (χ4v) is 3.47.